The number of hydrogen-bond acceptors (Lipinski definition) is 3. The monoisotopic (exact) mass is 200 g/mol. The highest BCUT2D eigenvalue weighted by molar-refractivity contribution is 4.93. The van der Waals surface area contributed by atoms with Gasteiger partial charge in [0.1, 0.15) is 0 Å². The van der Waals surface area contributed by atoms with E-state index in [1.54, 1.807) is 0 Å². The van der Waals surface area contributed by atoms with Gasteiger partial charge in [-0.25, -0.2) is 0 Å². The van der Waals surface area contributed by atoms with Gasteiger partial charge in [-0.1, -0.05) is 13.8 Å². The lowest BCUT2D eigenvalue weighted by Gasteiger charge is -2.47. The van der Waals surface area contributed by atoms with E-state index in [1.165, 1.54) is 0 Å². The van der Waals surface area contributed by atoms with E-state index in [1.807, 2.05) is 0 Å². The summed E-state index contributed by atoms with van der Waals surface area (Å²) >= 11 is 0. The number of hydrogen-bond donors (Lipinski definition) is 1. The van der Waals surface area contributed by atoms with Crippen LogP contribution in [0.2, 0.25) is 0 Å². The predicted octanol–water partition coefficient (Wildman–Crippen LogP) is 1.20. The molecule has 3 nitrogen and oxygen atoms in total. The second-order valence-electron chi connectivity index (χ2n) is 4.38. The molecule has 0 aromatic heterocycles. The molecule has 2 aliphatic heterocycles. The molecule has 2 heterocycles. The fraction of sp³-hybridized carbons (Fsp3) is 1.00. The van der Waals surface area contributed by atoms with Crippen molar-refractivity contribution >= 4 is 0 Å². The molecule has 2 saturated heterocycles. The Bertz CT molecular complexity index is 171. The van der Waals surface area contributed by atoms with E-state index in [2.05, 4.69) is 13.8 Å². The highest BCUT2D eigenvalue weighted by Crippen LogP contribution is 2.36. The minimum absolute atomic E-state index is 0.215. The van der Waals surface area contributed by atoms with E-state index in [9.17, 15) is 5.11 Å². The van der Waals surface area contributed by atoms with Crippen LogP contribution in [0.15, 0.2) is 0 Å². The summed E-state index contributed by atoms with van der Waals surface area (Å²) in [6, 6.07) is 0. The lowest BCUT2D eigenvalue weighted by atomic mass is 9.78. The van der Waals surface area contributed by atoms with Crippen molar-refractivity contribution in [2.24, 2.45) is 11.8 Å². The van der Waals surface area contributed by atoms with E-state index < -0.39 is 0 Å². The topological polar surface area (TPSA) is 38.7 Å². The molecular weight excluding hydrogens is 180 g/mol. The zero-order valence-corrected chi connectivity index (χ0v) is 8.98. The van der Waals surface area contributed by atoms with Crippen LogP contribution in [0.4, 0.5) is 0 Å². The zero-order chi connectivity index (χ0) is 10.1. The SMILES string of the molecule is CCC1OCC1C(O)C1COC1CC. The second-order valence-corrected chi connectivity index (χ2v) is 4.38. The summed E-state index contributed by atoms with van der Waals surface area (Å²) in [7, 11) is 0. The van der Waals surface area contributed by atoms with Gasteiger partial charge in [0.25, 0.3) is 0 Å². The number of ether oxygens (including phenoxy) is 2. The number of aliphatic hydroxyl groups is 1. The molecule has 1 N–H and O–H groups in total. The van der Waals surface area contributed by atoms with Crippen molar-refractivity contribution in [3.8, 4) is 0 Å². The zero-order valence-electron chi connectivity index (χ0n) is 8.98. The maximum absolute atomic E-state index is 10.1. The summed E-state index contributed by atoms with van der Waals surface area (Å²) in [5.41, 5.74) is 0. The number of rotatable bonds is 4. The van der Waals surface area contributed by atoms with Crippen molar-refractivity contribution in [3.05, 3.63) is 0 Å². The minimum atomic E-state index is -0.215. The Morgan fingerprint density at radius 1 is 1.07 bits per heavy atom. The molecule has 0 aliphatic carbocycles. The Morgan fingerprint density at radius 3 is 1.71 bits per heavy atom. The molecule has 0 aromatic carbocycles. The van der Waals surface area contributed by atoms with Crippen molar-refractivity contribution in [3.63, 3.8) is 0 Å². The summed E-state index contributed by atoms with van der Waals surface area (Å²) in [4.78, 5) is 0. The van der Waals surface area contributed by atoms with Crippen LogP contribution in [0, 0.1) is 11.8 Å². The van der Waals surface area contributed by atoms with E-state index in [0.29, 0.717) is 11.8 Å². The van der Waals surface area contributed by atoms with Crippen LogP contribution in [0.1, 0.15) is 26.7 Å². The Kier molecular flexibility index (Phi) is 3.10. The third-order valence-corrected chi connectivity index (χ3v) is 3.64. The van der Waals surface area contributed by atoms with E-state index in [0.717, 1.165) is 26.1 Å². The van der Waals surface area contributed by atoms with Crippen LogP contribution in [-0.4, -0.2) is 36.6 Å². The standard InChI is InChI=1S/C11H20O3/c1-3-9-7(5-13-9)11(12)8-6-14-10(8)4-2/h7-12H,3-6H2,1-2H3. The van der Waals surface area contributed by atoms with Crippen molar-refractivity contribution in [1.82, 2.24) is 0 Å². The molecule has 0 aromatic rings. The molecule has 14 heavy (non-hydrogen) atoms. The predicted molar refractivity (Wildman–Crippen MR) is 53.0 cm³/mol. The highest BCUT2D eigenvalue weighted by Gasteiger charge is 2.45. The van der Waals surface area contributed by atoms with E-state index in [-0.39, 0.29) is 18.3 Å². The molecule has 3 heteroatoms. The summed E-state index contributed by atoms with van der Waals surface area (Å²) in [5.74, 6) is 0.700. The van der Waals surface area contributed by atoms with Gasteiger partial charge in [0, 0.05) is 11.8 Å². The van der Waals surface area contributed by atoms with Crippen LogP contribution in [-0.2, 0) is 9.47 Å². The van der Waals surface area contributed by atoms with Crippen LogP contribution < -0.4 is 0 Å². The van der Waals surface area contributed by atoms with Gasteiger partial charge in [0.05, 0.1) is 31.5 Å². The van der Waals surface area contributed by atoms with Crippen LogP contribution in [0.3, 0.4) is 0 Å². The molecule has 0 saturated carbocycles. The smallest absolute Gasteiger partial charge is 0.0690 e. The summed E-state index contributed by atoms with van der Waals surface area (Å²) < 4.78 is 10.8. The highest BCUT2D eigenvalue weighted by atomic mass is 16.5. The van der Waals surface area contributed by atoms with Crippen LogP contribution in [0.25, 0.3) is 0 Å². The molecule has 2 aliphatic rings. The summed E-state index contributed by atoms with van der Waals surface area (Å²) in [6.45, 7) is 5.68. The molecule has 2 rings (SSSR count). The van der Waals surface area contributed by atoms with Gasteiger partial charge in [0.2, 0.25) is 0 Å². The Hall–Kier alpha value is -0.120. The maximum atomic E-state index is 10.1. The molecule has 4 atom stereocenters. The van der Waals surface area contributed by atoms with E-state index >= 15 is 0 Å². The van der Waals surface area contributed by atoms with Gasteiger partial charge in [-0.15, -0.1) is 0 Å². The van der Waals surface area contributed by atoms with Gasteiger partial charge >= 0.3 is 0 Å². The van der Waals surface area contributed by atoms with Crippen molar-refractivity contribution in [2.75, 3.05) is 13.2 Å². The lowest BCUT2D eigenvalue weighted by molar-refractivity contribution is -0.222. The first-order valence-electron chi connectivity index (χ1n) is 5.69. The molecule has 0 bridgehead atoms. The first-order valence-corrected chi connectivity index (χ1v) is 5.69. The third-order valence-electron chi connectivity index (χ3n) is 3.64. The molecule has 2 fully saturated rings. The van der Waals surface area contributed by atoms with Crippen molar-refractivity contribution in [1.29, 1.82) is 0 Å². The van der Waals surface area contributed by atoms with Gasteiger partial charge in [-0.05, 0) is 12.8 Å². The minimum Gasteiger partial charge on any atom is -0.392 e. The second kappa shape index (κ2) is 4.17. The number of aliphatic hydroxyl groups excluding tert-OH is 1. The van der Waals surface area contributed by atoms with Crippen molar-refractivity contribution in [2.45, 2.75) is 45.0 Å². The Morgan fingerprint density at radius 2 is 1.50 bits per heavy atom. The Labute approximate surface area is 85.4 Å². The Balaban J connectivity index is 1.85. The third kappa shape index (κ3) is 1.58. The van der Waals surface area contributed by atoms with Crippen LogP contribution in [0.5, 0.6) is 0 Å². The van der Waals surface area contributed by atoms with Gasteiger partial charge in [-0.2, -0.15) is 0 Å². The normalized spacial score (nSPS) is 43.9. The molecule has 4 unspecified atom stereocenters. The lowest BCUT2D eigenvalue weighted by Crippen LogP contribution is -2.56. The summed E-state index contributed by atoms with van der Waals surface area (Å²) in [6.07, 6.45) is 2.36. The first-order chi connectivity index (χ1) is 6.77. The van der Waals surface area contributed by atoms with Gasteiger partial charge in [0.15, 0.2) is 0 Å². The van der Waals surface area contributed by atoms with E-state index in [4.69, 9.17) is 9.47 Å². The average molecular weight is 200 g/mol. The molecule has 0 amide bonds. The molecule has 0 spiro atoms. The average Bonchev–Trinajstić information content (AvgIpc) is 2.01. The fourth-order valence-electron chi connectivity index (χ4n) is 2.48. The summed E-state index contributed by atoms with van der Waals surface area (Å²) in [5, 5.41) is 10.1. The fourth-order valence-corrected chi connectivity index (χ4v) is 2.48. The van der Waals surface area contributed by atoms with Gasteiger partial charge in [-0.3, -0.25) is 0 Å². The maximum Gasteiger partial charge on any atom is 0.0690 e. The van der Waals surface area contributed by atoms with Crippen molar-refractivity contribution < 1.29 is 14.6 Å². The quantitative estimate of drug-likeness (QED) is 0.741. The first kappa shape index (κ1) is 10.4. The largest absolute Gasteiger partial charge is 0.392 e. The molecule has 0 radical (unpaired) electrons. The van der Waals surface area contributed by atoms with Gasteiger partial charge < -0.3 is 14.6 Å². The molecular formula is C11H20O3. The molecule has 82 valence electrons. The van der Waals surface area contributed by atoms with Crippen LogP contribution >= 0.6 is 0 Å².